The first kappa shape index (κ1) is 23.2. The van der Waals surface area contributed by atoms with Crippen LogP contribution in [0.2, 0.25) is 0 Å². The summed E-state index contributed by atoms with van der Waals surface area (Å²) in [6.07, 6.45) is 3.03. The topological polar surface area (TPSA) is 15.6 Å². The van der Waals surface area contributed by atoms with Gasteiger partial charge in [-0.2, -0.15) is 36.4 Å². The van der Waals surface area contributed by atoms with Gasteiger partial charge < -0.3 is 9.89 Å². The Kier molecular flexibility index (Phi) is 17.2. The van der Waals surface area contributed by atoms with Gasteiger partial charge in [-0.1, -0.05) is 6.92 Å². The van der Waals surface area contributed by atoms with E-state index in [0.717, 1.165) is 6.54 Å². The largest absolute Gasteiger partial charge is 3.00 e. The average Bonchev–Trinajstić information content (AvgIpc) is 3.17. The van der Waals surface area contributed by atoms with E-state index < -0.39 is 0 Å². The molecule has 0 aromatic heterocycles. The fraction of sp³-hybridized carbons (Fsp3) is 0.421. The number of aliphatic imine (C=N–C) groups is 1. The Labute approximate surface area is 152 Å². The number of hydrogen-bond donors (Lipinski definition) is 0. The molecule has 0 aliphatic rings. The van der Waals surface area contributed by atoms with E-state index in [2.05, 4.69) is 50.8 Å². The van der Waals surface area contributed by atoms with Gasteiger partial charge in [-0.3, -0.25) is 6.34 Å². The molecular formula is C19H29N2Nb. The maximum atomic E-state index is 4.19. The molecule has 3 heteroatoms. The summed E-state index contributed by atoms with van der Waals surface area (Å²) in [6, 6.07) is 20.9. The van der Waals surface area contributed by atoms with Crippen LogP contribution >= 0.6 is 0 Å². The van der Waals surface area contributed by atoms with Crippen LogP contribution in [0, 0.1) is 0 Å². The van der Waals surface area contributed by atoms with Crippen LogP contribution in [0.4, 0.5) is 0 Å². The fourth-order valence-electron chi connectivity index (χ4n) is 1.38. The third-order valence-electron chi connectivity index (χ3n) is 2.52. The van der Waals surface area contributed by atoms with Gasteiger partial charge >= 0.3 is 22.4 Å². The van der Waals surface area contributed by atoms with Gasteiger partial charge in [0.25, 0.3) is 0 Å². The van der Waals surface area contributed by atoms with E-state index >= 15 is 0 Å². The molecule has 0 aliphatic carbocycles. The fourth-order valence-corrected chi connectivity index (χ4v) is 1.38. The zero-order valence-electron chi connectivity index (χ0n) is 14.5. The second-order valence-electron chi connectivity index (χ2n) is 5.13. The Bertz CT molecular complexity index is 342. The summed E-state index contributed by atoms with van der Waals surface area (Å²) in [5.41, 5.74) is 0. The van der Waals surface area contributed by atoms with E-state index in [1.807, 2.05) is 60.7 Å². The normalized spacial score (nSPS) is 9.59. The molecule has 0 bridgehead atoms. The van der Waals surface area contributed by atoms with E-state index in [-0.39, 0.29) is 22.4 Å². The summed E-state index contributed by atoms with van der Waals surface area (Å²) in [6.45, 7) is 11.5. The van der Waals surface area contributed by atoms with Crippen molar-refractivity contribution < 1.29 is 22.4 Å². The molecule has 0 heterocycles. The van der Waals surface area contributed by atoms with Crippen molar-refractivity contribution in [2.75, 3.05) is 6.54 Å². The van der Waals surface area contributed by atoms with Gasteiger partial charge in [-0.25, -0.2) is 24.3 Å². The van der Waals surface area contributed by atoms with Crippen LogP contribution in [0.1, 0.15) is 34.6 Å². The molecule has 2 rings (SSSR count). The Balaban J connectivity index is 0. The van der Waals surface area contributed by atoms with Crippen molar-refractivity contribution in [1.29, 1.82) is 0 Å². The van der Waals surface area contributed by atoms with E-state index in [4.69, 9.17) is 0 Å². The Morgan fingerprint density at radius 2 is 1.32 bits per heavy atom. The average molecular weight is 378 g/mol. The molecule has 2 nitrogen and oxygen atoms in total. The molecule has 0 saturated carbocycles. The van der Waals surface area contributed by atoms with Gasteiger partial charge in [0.15, 0.2) is 0 Å². The minimum absolute atomic E-state index is 0. The summed E-state index contributed by atoms with van der Waals surface area (Å²) in [7, 11) is 0. The van der Waals surface area contributed by atoms with E-state index in [9.17, 15) is 0 Å². The monoisotopic (exact) mass is 378 g/mol. The molecule has 120 valence electrons. The molecule has 0 atom stereocenters. The molecular weight excluding hydrogens is 349 g/mol. The van der Waals surface area contributed by atoms with Crippen molar-refractivity contribution in [2.45, 2.75) is 46.7 Å². The quantitative estimate of drug-likeness (QED) is 0.244. The summed E-state index contributed by atoms with van der Waals surface area (Å²) in [4.78, 5) is 6.29. The molecule has 0 fully saturated rings. The molecule has 0 radical (unpaired) electrons. The van der Waals surface area contributed by atoms with Crippen LogP contribution in [0.5, 0.6) is 0 Å². The van der Waals surface area contributed by atoms with Crippen molar-refractivity contribution in [2.24, 2.45) is 4.99 Å². The second kappa shape index (κ2) is 16.3. The third kappa shape index (κ3) is 15.3. The number of rotatable bonds is 4. The Morgan fingerprint density at radius 1 is 0.909 bits per heavy atom. The predicted molar refractivity (Wildman–Crippen MR) is 94.2 cm³/mol. The van der Waals surface area contributed by atoms with Gasteiger partial charge in [-0.05, 0) is 40.3 Å². The van der Waals surface area contributed by atoms with E-state index in [1.165, 1.54) is 0 Å². The summed E-state index contributed by atoms with van der Waals surface area (Å²) >= 11 is 0. The number of hydrogen-bond acceptors (Lipinski definition) is 1. The molecule has 2 aromatic rings. The summed E-state index contributed by atoms with van der Waals surface area (Å²) in [5, 5.41) is 0. The van der Waals surface area contributed by atoms with E-state index in [1.54, 1.807) is 0 Å². The summed E-state index contributed by atoms with van der Waals surface area (Å²) < 4.78 is 0. The first-order valence-electron chi connectivity index (χ1n) is 7.63. The maximum absolute atomic E-state index is 4.19. The maximum Gasteiger partial charge on any atom is 3.00 e. The zero-order chi connectivity index (χ0) is 15.9. The van der Waals surface area contributed by atoms with Crippen LogP contribution < -0.4 is 0 Å². The van der Waals surface area contributed by atoms with Crippen LogP contribution in [0.3, 0.4) is 0 Å². The third-order valence-corrected chi connectivity index (χ3v) is 2.52. The molecule has 0 N–H and O–H groups in total. The molecule has 0 saturated heterocycles. The van der Waals surface area contributed by atoms with E-state index in [0.29, 0.717) is 12.1 Å². The minimum Gasteiger partial charge on any atom is -0.536 e. The molecule has 0 unspecified atom stereocenters. The van der Waals surface area contributed by atoms with Crippen LogP contribution in [-0.2, 0) is 22.4 Å². The van der Waals surface area contributed by atoms with Crippen LogP contribution in [-0.4, -0.2) is 29.9 Å². The van der Waals surface area contributed by atoms with Gasteiger partial charge in [-0.15, -0.1) is 0 Å². The first-order chi connectivity index (χ1) is 10.1. The zero-order valence-corrected chi connectivity index (χ0v) is 16.7. The second-order valence-corrected chi connectivity index (χ2v) is 5.13. The molecule has 0 aliphatic heterocycles. The molecule has 2 aromatic carbocycles. The molecule has 0 amide bonds. The van der Waals surface area contributed by atoms with Gasteiger partial charge in [0.2, 0.25) is 0 Å². The van der Waals surface area contributed by atoms with Gasteiger partial charge in [0.05, 0.1) is 0 Å². The smallest absolute Gasteiger partial charge is 0.536 e. The molecule has 22 heavy (non-hydrogen) atoms. The molecule has 0 spiro atoms. The number of nitrogens with zero attached hydrogens (tertiary/aromatic N) is 2. The first-order valence-corrected chi connectivity index (χ1v) is 7.63. The van der Waals surface area contributed by atoms with Crippen molar-refractivity contribution in [3.8, 4) is 0 Å². The SMILES string of the molecule is CCN([C-]=NC(C)C)C(C)C.[Nb+3].c1cc[cH-]c1.c1cc[cH-]c1. The Hall–Kier alpha value is -1.09. The predicted octanol–water partition coefficient (Wildman–Crippen LogP) is 4.84. The van der Waals surface area contributed by atoms with Crippen molar-refractivity contribution >= 4 is 6.34 Å². The Morgan fingerprint density at radius 3 is 1.50 bits per heavy atom. The van der Waals surface area contributed by atoms with Crippen molar-refractivity contribution in [1.82, 2.24) is 4.90 Å². The van der Waals surface area contributed by atoms with Crippen LogP contribution in [0.15, 0.2) is 65.7 Å². The minimum atomic E-state index is 0. The summed E-state index contributed by atoms with van der Waals surface area (Å²) in [5.74, 6) is 0. The standard InChI is InChI=1S/C9H19N2.2C5H5.Nb/c1-6-11(9(4)5)7-10-8(2)3;2*1-2-4-5-3-1;/h8-9H,6H2,1-5H3;2*1-5H;/q3*-1;+3. The van der Waals surface area contributed by atoms with Crippen molar-refractivity contribution in [3.05, 3.63) is 60.7 Å². The van der Waals surface area contributed by atoms with Crippen LogP contribution in [0.25, 0.3) is 0 Å². The van der Waals surface area contributed by atoms with Gasteiger partial charge in [0.1, 0.15) is 0 Å². The van der Waals surface area contributed by atoms with Gasteiger partial charge in [0, 0.05) is 6.04 Å². The van der Waals surface area contributed by atoms with Crippen molar-refractivity contribution in [3.63, 3.8) is 0 Å².